The fourth-order valence-corrected chi connectivity index (χ4v) is 3.58. The zero-order valence-corrected chi connectivity index (χ0v) is 10.9. The molecule has 0 amide bonds. The van der Waals surface area contributed by atoms with Crippen LogP contribution in [-0.2, 0) is 0 Å². The standard InChI is InChI=1S/C13H19NOS/c1-9-12(10(2)15)16-13(14-9)11-7-5-3-4-6-8-11/h11H,3-8H2,1-2H3. The molecule has 88 valence electrons. The first-order valence-corrected chi connectivity index (χ1v) is 6.98. The van der Waals surface area contributed by atoms with E-state index < -0.39 is 0 Å². The first kappa shape index (κ1) is 11.8. The van der Waals surface area contributed by atoms with Gasteiger partial charge in [-0.05, 0) is 19.8 Å². The Labute approximate surface area is 101 Å². The van der Waals surface area contributed by atoms with Gasteiger partial charge in [0.2, 0.25) is 0 Å². The minimum Gasteiger partial charge on any atom is -0.294 e. The maximum absolute atomic E-state index is 11.4. The van der Waals surface area contributed by atoms with E-state index in [1.807, 2.05) is 6.92 Å². The third-order valence-corrected chi connectivity index (χ3v) is 4.76. The fourth-order valence-electron chi connectivity index (χ4n) is 2.44. The second kappa shape index (κ2) is 5.09. The van der Waals surface area contributed by atoms with Gasteiger partial charge >= 0.3 is 0 Å². The molecule has 1 aliphatic rings. The maximum Gasteiger partial charge on any atom is 0.171 e. The number of aromatic nitrogens is 1. The molecule has 0 unspecified atom stereocenters. The average Bonchev–Trinajstić information content (AvgIpc) is 2.50. The number of aryl methyl sites for hydroxylation is 1. The normalized spacial score (nSPS) is 18.4. The van der Waals surface area contributed by atoms with Crippen molar-refractivity contribution in [2.75, 3.05) is 0 Å². The Balaban J connectivity index is 2.19. The number of carbonyl (C=O) groups excluding carboxylic acids is 1. The Bertz CT molecular complexity index is 375. The topological polar surface area (TPSA) is 30.0 Å². The summed E-state index contributed by atoms with van der Waals surface area (Å²) in [6.45, 7) is 3.59. The van der Waals surface area contributed by atoms with Crippen molar-refractivity contribution in [2.45, 2.75) is 58.3 Å². The summed E-state index contributed by atoms with van der Waals surface area (Å²) in [5.74, 6) is 0.772. The number of hydrogen-bond donors (Lipinski definition) is 0. The molecule has 0 radical (unpaired) electrons. The van der Waals surface area contributed by atoms with Crippen LogP contribution in [0.25, 0.3) is 0 Å². The van der Waals surface area contributed by atoms with Gasteiger partial charge in [0.15, 0.2) is 5.78 Å². The van der Waals surface area contributed by atoms with Crippen LogP contribution in [0.2, 0.25) is 0 Å². The van der Waals surface area contributed by atoms with E-state index in [2.05, 4.69) is 4.98 Å². The summed E-state index contributed by atoms with van der Waals surface area (Å²) in [5.41, 5.74) is 0.928. The van der Waals surface area contributed by atoms with Crippen molar-refractivity contribution in [2.24, 2.45) is 0 Å². The molecular weight excluding hydrogens is 218 g/mol. The predicted molar refractivity (Wildman–Crippen MR) is 67.3 cm³/mol. The molecule has 1 aromatic heterocycles. The Morgan fingerprint density at radius 3 is 2.38 bits per heavy atom. The number of Topliss-reactive ketones (excluding diaryl/α,β-unsaturated/α-hetero) is 1. The van der Waals surface area contributed by atoms with Crippen LogP contribution in [0.1, 0.15) is 71.7 Å². The van der Waals surface area contributed by atoms with Gasteiger partial charge < -0.3 is 0 Å². The highest BCUT2D eigenvalue weighted by molar-refractivity contribution is 7.13. The van der Waals surface area contributed by atoms with E-state index in [4.69, 9.17) is 0 Å². The smallest absolute Gasteiger partial charge is 0.171 e. The highest BCUT2D eigenvalue weighted by Crippen LogP contribution is 2.34. The van der Waals surface area contributed by atoms with Crippen LogP contribution in [0.5, 0.6) is 0 Å². The molecule has 0 bridgehead atoms. The van der Waals surface area contributed by atoms with Gasteiger partial charge in [-0.2, -0.15) is 0 Å². The van der Waals surface area contributed by atoms with Crippen molar-refractivity contribution in [1.29, 1.82) is 0 Å². The molecule has 0 spiro atoms. The Kier molecular flexibility index (Phi) is 3.74. The largest absolute Gasteiger partial charge is 0.294 e. The van der Waals surface area contributed by atoms with Gasteiger partial charge in [-0.25, -0.2) is 4.98 Å². The molecule has 16 heavy (non-hydrogen) atoms. The molecule has 0 aromatic carbocycles. The monoisotopic (exact) mass is 237 g/mol. The summed E-state index contributed by atoms with van der Waals surface area (Å²) in [6, 6.07) is 0. The van der Waals surface area contributed by atoms with Gasteiger partial charge in [0.25, 0.3) is 0 Å². The number of thiazole rings is 1. The van der Waals surface area contributed by atoms with E-state index in [9.17, 15) is 4.79 Å². The molecule has 2 nitrogen and oxygen atoms in total. The molecule has 0 aliphatic heterocycles. The fraction of sp³-hybridized carbons (Fsp3) is 0.692. The SMILES string of the molecule is CC(=O)c1sc(C2CCCCCC2)nc1C. The summed E-state index contributed by atoms with van der Waals surface area (Å²) in [7, 11) is 0. The van der Waals surface area contributed by atoms with Crippen LogP contribution in [0.4, 0.5) is 0 Å². The lowest BCUT2D eigenvalue weighted by Gasteiger charge is -2.09. The van der Waals surface area contributed by atoms with Crippen LogP contribution in [-0.4, -0.2) is 10.8 Å². The molecule has 0 atom stereocenters. The van der Waals surface area contributed by atoms with E-state index in [1.165, 1.54) is 43.5 Å². The van der Waals surface area contributed by atoms with Gasteiger partial charge in [0, 0.05) is 12.8 Å². The molecule has 0 saturated heterocycles. The second-order valence-corrected chi connectivity index (χ2v) is 5.74. The Morgan fingerprint density at radius 1 is 1.25 bits per heavy atom. The summed E-state index contributed by atoms with van der Waals surface area (Å²) in [6.07, 6.45) is 7.87. The lowest BCUT2D eigenvalue weighted by atomic mass is 10.0. The van der Waals surface area contributed by atoms with Gasteiger partial charge in [-0.3, -0.25) is 4.79 Å². The molecule has 1 fully saturated rings. The minimum atomic E-state index is 0.162. The van der Waals surface area contributed by atoms with E-state index in [0.29, 0.717) is 5.92 Å². The zero-order chi connectivity index (χ0) is 11.5. The first-order valence-electron chi connectivity index (χ1n) is 6.16. The second-order valence-electron chi connectivity index (χ2n) is 4.71. The Morgan fingerprint density at radius 2 is 1.88 bits per heavy atom. The lowest BCUT2D eigenvalue weighted by Crippen LogP contribution is -1.96. The minimum absolute atomic E-state index is 0.162. The summed E-state index contributed by atoms with van der Waals surface area (Å²) < 4.78 is 0. The van der Waals surface area contributed by atoms with Crippen LogP contribution >= 0.6 is 11.3 Å². The molecule has 1 aromatic rings. The number of ketones is 1. The molecule has 3 heteroatoms. The third kappa shape index (κ3) is 2.51. The first-order chi connectivity index (χ1) is 7.68. The lowest BCUT2D eigenvalue weighted by molar-refractivity contribution is 0.102. The molecule has 1 heterocycles. The van der Waals surface area contributed by atoms with Crippen molar-refractivity contribution in [3.8, 4) is 0 Å². The molecule has 1 aliphatic carbocycles. The number of rotatable bonds is 2. The van der Waals surface area contributed by atoms with Crippen molar-refractivity contribution in [3.05, 3.63) is 15.6 Å². The number of carbonyl (C=O) groups is 1. The van der Waals surface area contributed by atoms with E-state index in [-0.39, 0.29) is 5.78 Å². The zero-order valence-electron chi connectivity index (χ0n) is 10.1. The van der Waals surface area contributed by atoms with Gasteiger partial charge in [0.1, 0.15) is 0 Å². The molecule has 0 N–H and O–H groups in total. The average molecular weight is 237 g/mol. The van der Waals surface area contributed by atoms with E-state index >= 15 is 0 Å². The predicted octanol–water partition coefficient (Wildman–Crippen LogP) is 4.09. The third-order valence-electron chi connectivity index (χ3n) is 3.34. The highest BCUT2D eigenvalue weighted by atomic mass is 32.1. The van der Waals surface area contributed by atoms with Crippen molar-refractivity contribution < 1.29 is 4.79 Å². The van der Waals surface area contributed by atoms with Crippen molar-refractivity contribution in [1.82, 2.24) is 4.98 Å². The molecule has 2 rings (SSSR count). The van der Waals surface area contributed by atoms with Gasteiger partial charge in [-0.15, -0.1) is 11.3 Å². The Hall–Kier alpha value is -0.700. The van der Waals surface area contributed by atoms with Crippen LogP contribution in [0.15, 0.2) is 0 Å². The molecular formula is C13H19NOS. The van der Waals surface area contributed by atoms with Crippen LogP contribution < -0.4 is 0 Å². The van der Waals surface area contributed by atoms with Gasteiger partial charge in [0.05, 0.1) is 15.6 Å². The van der Waals surface area contributed by atoms with Gasteiger partial charge in [-0.1, -0.05) is 25.7 Å². The van der Waals surface area contributed by atoms with Crippen LogP contribution in [0, 0.1) is 6.92 Å². The summed E-state index contributed by atoms with van der Waals surface area (Å²) in [4.78, 5) is 16.9. The number of hydrogen-bond acceptors (Lipinski definition) is 3. The maximum atomic E-state index is 11.4. The van der Waals surface area contributed by atoms with E-state index in [0.717, 1.165) is 10.6 Å². The highest BCUT2D eigenvalue weighted by Gasteiger charge is 2.20. The van der Waals surface area contributed by atoms with Crippen molar-refractivity contribution in [3.63, 3.8) is 0 Å². The summed E-state index contributed by atoms with van der Waals surface area (Å²) >= 11 is 1.62. The molecule has 1 saturated carbocycles. The summed E-state index contributed by atoms with van der Waals surface area (Å²) in [5, 5.41) is 1.20. The van der Waals surface area contributed by atoms with Crippen molar-refractivity contribution >= 4 is 17.1 Å². The number of nitrogens with zero attached hydrogens (tertiary/aromatic N) is 1. The van der Waals surface area contributed by atoms with Crippen LogP contribution in [0.3, 0.4) is 0 Å². The quantitative estimate of drug-likeness (QED) is 0.572. The van der Waals surface area contributed by atoms with E-state index in [1.54, 1.807) is 18.3 Å².